The number of benzene rings is 1. The van der Waals surface area contributed by atoms with Gasteiger partial charge < -0.3 is 10.0 Å². The zero-order chi connectivity index (χ0) is 19.2. The third-order valence-corrected chi connectivity index (χ3v) is 5.26. The molecule has 2 unspecified atom stereocenters. The van der Waals surface area contributed by atoms with Crippen molar-refractivity contribution >= 4 is 23.5 Å². The maximum atomic E-state index is 14.6. The normalized spacial score (nSPS) is 25.3. The van der Waals surface area contributed by atoms with Gasteiger partial charge in [0.05, 0.1) is 11.8 Å². The van der Waals surface area contributed by atoms with Crippen LogP contribution in [0.25, 0.3) is 0 Å². The Morgan fingerprint density at radius 3 is 2.38 bits per heavy atom. The molecule has 26 heavy (non-hydrogen) atoms. The number of rotatable bonds is 3. The maximum absolute atomic E-state index is 14.6. The number of nitrogens with one attached hydrogen (secondary N) is 1. The van der Waals surface area contributed by atoms with Crippen LogP contribution in [-0.2, 0) is 14.4 Å². The Bertz CT molecular complexity index is 770. The third kappa shape index (κ3) is 3.15. The van der Waals surface area contributed by atoms with Gasteiger partial charge in [0.2, 0.25) is 11.8 Å². The van der Waals surface area contributed by atoms with Crippen molar-refractivity contribution in [2.24, 2.45) is 11.3 Å². The standard InChI is InChI=1S/C18H20F2N2O4/c1-18(2)8-22(7-11(18)17(25)26)9-5-12(19)15(13(20)6-9)10-3-4-14(23)21-16(10)24/h5-6,10-11H,3-4,7-8H2,1-2H3,(H,25,26)(H,21,23,24). The number of amides is 2. The lowest BCUT2D eigenvalue weighted by atomic mass is 9.82. The van der Waals surface area contributed by atoms with Crippen LogP contribution in [-0.4, -0.2) is 36.0 Å². The van der Waals surface area contributed by atoms with Crippen molar-refractivity contribution in [2.75, 3.05) is 18.0 Å². The van der Waals surface area contributed by atoms with Crippen LogP contribution in [0.1, 0.15) is 38.2 Å². The average molecular weight is 366 g/mol. The fourth-order valence-electron chi connectivity index (χ4n) is 3.80. The second kappa shape index (κ2) is 6.34. The summed E-state index contributed by atoms with van der Waals surface area (Å²) >= 11 is 0. The number of imide groups is 1. The quantitative estimate of drug-likeness (QED) is 0.800. The van der Waals surface area contributed by atoms with Gasteiger partial charge >= 0.3 is 5.97 Å². The van der Waals surface area contributed by atoms with Crippen LogP contribution in [0, 0.1) is 23.0 Å². The number of hydrogen-bond donors (Lipinski definition) is 2. The number of halogens is 2. The zero-order valence-electron chi connectivity index (χ0n) is 14.5. The molecule has 2 aliphatic heterocycles. The van der Waals surface area contributed by atoms with Crippen molar-refractivity contribution < 1.29 is 28.3 Å². The molecule has 8 heteroatoms. The van der Waals surface area contributed by atoms with Crippen LogP contribution in [0.2, 0.25) is 0 Å². The molecule has 0 saturated carbocycles. The molecule has 3 rings (SSSR count). The molecule has 1 aromatic rings. The molecule has 2 atom stereocenters. The molecule has 140 valence electrons. The number of hydrogen-bond acceptors (Lipinski definition) is 4. The lowest BCUT2D eigenvalue weighted by molar-refractivity contribution is -0.144. The second-order valence-electron chi connectivity index (χ2n) is 7.59. The molecule has 2 aliphatic rings. The minimum atomic E-state index is -1.05. The summed E-state index contributed by atoms with van der Waals surface area (Å²) in [5.74, 6) is -5.55. The Hall–Kier alpha value is -2.51. The summed E-state index contributed by atoms with van der Waals surface area (Å²) in [6.45, 7) is 4.10. The van der Waals surface area contributed by atoms with E-state index in [0.717, 1.165) is 12.1 Å². The Morgan fingerprint density at radius 1 is 1.27 bits per heavy atom. The van der Waals surface area contributed by atoms with Gasteiger partial charge in [-0.1, -0.05) is 13.8 Å². The van der Waals surface area contributed by atoms with Crippen molar-refractivity contribution in [1.29, 1.82) is 0 Å². The summed E-state index contributed by atoms with van der Waals surface area (Å²) in [5.41, 5.74) is -0.652. The first-order chi connectivity index (χ1) is 12.1. The minimum absolute atomic E-state index is 0.0254. The fraction of sp³-hybridized carbons (Fsp3) is 0.500. The van der Waals surface area contributed by atoms with E-state index in [1.165, 1.54) is 0 Å². The maximum Gasteiger partial charge on any atom is 0.308 e. The number of piperidine rings is 1. The van der Waals surface area contributed by atoms with E-state index in [9.17, 15) is 28.3 Å². The Kier molecular flexibility index (Phi) is 4.46. The highest BCUT2D eigenvalue weighted by molar-refractivity contribution is 6.01. The van der Waals surface area contributed by atoms with Crippen molar-refractivity contribution in [1.82, 2.24) is 5.32 Å². The number of carboxylic acid groups (broad SMARTS) is 1. The van der Waals surface area contributed by atoms with Crippen molar-refractivity contribution in [2.45, 2.75) is 32.6 Å². The minimum Gasteiger partial charge on any atom is -0.481 e. The highest BCUT2D eigenvalue weighted by atomic mass is 19.1. The van der Waals surface area contributed by atoms with Crippen molar-refractivity contribution in [3.8, 4) is 0 Å². The molecular weight excluding hydrogens is 346 g/mol. The monoisotopic (exact) mass is 366 g/mol. The molecule has 2 heterocycles. The molecule has 0 spiro atoms. The van der Waals surface area contributed by atoms with Crippen LogP contribution in [0.15, 0.2) is 12.1 Å². The molecule has 0 aromatic heterocycles. The first kappa shape index (κ1) is 18.3. The van der Waals surface area contributed by atoms with Crippen molar-refractivity contribution in [3.63, 3.8) is 0 Å². The predicted molar refractivity (Wildman–Crippen MR) is 88.6 cm³/mol. The Morgan fingerprint density at radius 2 is 1.88 bits per heavy atom. The van der Waals surface area contributed by atoms with Crippen molar-refractivity contribution in [3.05, 3.63) is 29.3 Å². The van der Waals surface area contributed by atoms with Crippen LogP contribution in [0.5, 0.6) is 0 Å². The van der Waals surface area contributed by atoms with Gasteiger partial charge in [-0.2, -0.15) is 0 Å². The summed E-state index contributed by atoms with van der Waals surface area (Å²) in [6.07, 6.45) is 0.0767. The van der Waals surface area contributed by atoms with E-state index in [1.807, 2.05) is 0 Å². The summed E-state index contributed by atoms with van der Waals surface area (Å²) in [5, 5.41) is 11.4. The van der Waals surface area contributed by atoms with Gasteiger partial charge in [0.15, 0.2) is 0 Å². The largest absolute Gasteiger partial charge is 0.481 e. The van der Waals surface area contributed by atoms with E-state index >= 15 is 0 Å². The molecule has 6 nitrogen and oxygen atoms in total. The van der Waals surface area contributed by atoms with Gasteiger partial charge in [0.1, 0.15) is 11.6 Å². The van der Waals surface area contributed by atoms with Gasteiger partial charge in [0.25, 0.3) is 0 Å². The predicted octanol–water partition coefficient (Wildman–Crippen LogP) is 2.03. The number of carbonyl (C=O) groups excluding carboxylic acids is 2. The smallest absolute Gasteiger partial charge is 0.308 e. The molecule has 0 aliphatic carbocycles. The van der Waals surface area contributed by atoms with E-state index in [-0.39, 0.29) is 30.6 Å². The molecule has 2 saturated heterocycles. The van der Waals surface area contributed by atoms with Gasteiger partial charge in [0, 0.05) is 30.8 Å². The summed E-state index contributed by atoms with van der Waals surface area (Å²) in [4.78, 5) is 36.2. The van der Waals surface area contributed by atoms with E-state index < -0.39 is 46.7 Å². The molecular formula is C18H20F2N2O4. The molecule has 2 N–H and O–H groups in total. The van der Waals surface area contributed by atoms with Crippen LogP contribution in [0.3, 0.4) is 0 Å². The van der Waals surface area contributed by atoms with E-state index in [2.05, 4.69) is 5.32 Å². The summed E-state index contributed by atoms with van der Waals surface area (Å²) < 4.78 is 29.2. The summed E-state index contributed by atoms with van der Waals surface area (Å²) in [7, 11) is 0. The topological polar surface area (TPSA) is 86.7 Å². The Labute approximate surface area is 149 Å². The number of carboxylic acids is 1. The third-order valence-electron chi connectivity index (χ3n) is 5.26. The number of aliphatic carboxylic acids is 1. The lowest BCUT2D eigenvalue weighted by Gasteiger charge is -2.25. The van der Waals surface area contributed by atoms with Gasteiger partial charge in [-0.05, 0) is 24.0 Å². The van der Waals surface area contributed by atoms with E-state index in [4.69, 9.17) is 0 Å². The van der Waals surface area contributed by atoms with Gasteiger partial charge in [-0.3, -0.25) is 19.7 Å². The van der Waals surface area contributed by atoms with Crippen LogP contribution < -0.4 is 10.2 Å². The lowest BCUT2D eigenvalue weighted by Crippen LogP contribution is -2.40. The number of carbonyl (C=O) groups is 3. The van der Waals surface area contributed by atoms with E-state index in [1.54, 1.807) is 18.7 Å². The molecule has 2 fully saturated rings. The SMILES string of the molecule is CC1(C)CN(c2cc(F)c(C3CCC(=O)NC3=O)c(F)c2)CC1C(=O)O. The van der Waals surface area contributed by atoms with E-state index in [0.29, 0.717) is 6.54 Å². The first-order valence-electron chi connectivity index (χ1n) is 8.40. The number of nitrogens with zero attached hydrogens (tertiary/aromatic N) is 1. The molecule has 0 bridgehead atoms. The fourth-order valence-corrected chi connectivity index (χ4v) is 3.80. The zero-order valence-corrected chi connectivity index (χ0v) is 14.5. The van der Waals surface area contributed by atoms with Crippen LogP contribution in [0.4, 0.5) is 14.5 Å². The Balaban J connectivity index is 1.90. The highest BCUT2D eigenvalue weighted by Crippen LogP contribution is 2.39. The molecule has 2 amide bonds. The molecule has 1 aromatic carbocycles. The average Bonchev–Trinajstić information content (AvgIpc) is 2.84. The van der Waals surface area contributed by atoms with Crippen LogP contribution >= 0.6 is 0 Å². The van der Waals surface area contributed by atoms with Gasteiger partial charge in [-0.25, -0.2) is 8.78 Å². The molecule has 0 radical (unpaired) electrons. The second-order valence-corrected chi connectivity index (χ2v) is 7.59. The summed E-state index contributed by atoms with van der Waals surface area (Å²) in [6, 6.07) is 2.25. The van der Waals surface area contributed by atoms with Gasteiger partial charge in [-0.15, -0.1) is 0 Å². The highest BCUT2D eigenvalue weighted by Gasteiger charge is 2.44. The number of anilines is 1. The first-order valence-corrected chi connectivity index (χ1v) is 8.40.